The fourth-order valence-electron chi connectivity index (χ4n) is 1.02. The van der Waals surface area contributed by atoms with Crippen molar-refractivity contribution in [1.29, 1.82) is 0 Å². The standard InChI is InChI=1S/C7H12N4O/c1-11-7(9-5-10-11)4-12-6-2-8-3-6/h5-6,8H,2-4H2,1H3. The molecule has 0 aliphatic carbocycles. The van der Waals surface area contributed by atoms with Crippen LogP contribution in [0.15, 0.2) is 6.33 Å². The molecule has 5 heteroatoms. The molecule has 1 aliphatic rings. The van der Waals surface area contributed by atoms with Crippen LogP contribution < -0.4 is 5.32 Å². The number of aromatic nitrogens is 3. The molecule has 0 spiro atoms. The Labute approximate surface area is 70.7 Å². The van der Waals surface area contributed by atoms with E-state index in [-0.39, 0.29) is 0 Å². The maximum atomic E-state index is 5.52. The molecule has 0 amide bonds. The number of nitrogens with zero attached hydrogens (tertiary/aromatic N) is 3. The molecule has 1 fully saturated rings. The lowest BCUT2D eigenvalue weighted by molar-refractivity contribution is 0.00317. The third-order valence-electron chi connectivity index (χ3n) is 2.00. The van der Waals surface area contributed by atoms with Crippen LogP contribution >= 0.6 is 0 Å². The summed E-state index contributed by atoms with van der Waals surface area (Å²) in [5, 5.41) is 7.09. The predicted octanol–water partition coefficient (Wildman–Crippen LogP) is -0.696. The average molecular weight is 168 g/mol. The van der Waals surface area contributed by atoms with Crippen LogP contribution in [0.1, 0.15) is 5.82 Å². The van der Waals surface area contributed by atoms with Crippen molar-refractivity contribution in [2.45, 2.75) is 12.7 Å². The van der Waals surface area contributed by atoms with Gasteiger partial charge in [0.15, 0.2) is 5.82 Å². The average Bonchev–Trinajstić information content (AvgIpc) is 2.33. The van der Waals surface area contributed by atoms with Gasteiger partial charge in [-0.05, 0) is 0 Å². The fraction of sp³-hybridized carbons (Fsp3) is 0.714. The predicted molar refractivity (Wildman–Crippen MR) is 42.4 cm³/mol. The molecule has 0 radical (unpaired) electrons. The molecule has 1 aliphatic heterocycles. The topological polar surface area (TPSA) is 52.0 Å². The van der Waals surface area contributed by atoms with E-state index < -0.39 is 0 Å². The molecule has 0 atom stereocenters. The van der Waals surface area contributed by atoms with Gasteiger partial charge in [0.1, 0.15) is 12.9 Å². The second-order valence-corrected chi connectivity index (χ2v) is 2.89. The van der Waals surface area contributed by atoms with Crippen molar-refractivity contribution in [2.75, 3.05) is 13.1 Å². The number of ether oxygens (including phenoxy) is 1. The maximum Gasteiger partial charge on any atom is 0.152 e. The van der Waals surface area contributed by atoms with Gasteiger partial charge in [0.2, 0.25) is 0 Å². The molecule has 0 bridgehead atoms. The van der Waals surface area contributed by atoms with E-state index >= 15 is 0 Å². The Kier molecular flexibility index (Phi) is 2.05. The van der Waals surface area contributed by atoms with E-state index in [1.807, 2.05) is 7.05 Å². The number of rotatable bonds is 3. The van der Waals surface area contributed by atoms with Crippen molar-refractivity contribution in [2.24, 2.45) is 7.05 Å². The van der Waals surface area contributed by atoms with Crippen LogP contribution in [0, 0.1) is 0 Å². The lowest BCUT2D eigenvalue weighted by Gasteiger charge is -2.26. The Balaban J connectivity index is 1.82. The second-order valence-electron chi connectivity index (χ2n) is 2.89. The van der Waals surface area contributed by atoms with Gasteiger partial charge in [0.25, 0.3) is 0 Å². The summed E-state index contributed by atoms with van der Waals surface area (Å²) in [7, 11) is 1.87. The van der Waals surface area contributed by atoms with Gasteiger partial charge in [0.05, 0.1) is 6.10 Å². The largest absolute Gasteiger partial charge is 0.368 e. The van der Waals surface area contributed by atoms with E-state index in [4.69, 9.17) is 4.74 Å². The molecular weight excluding hydrogens is 156 g/mol. The molecule has 1 N–H and O–H groups in total. The highest BCUT2D eigenvalue weighted by atomic mass is 16.5. The number of aryl methyl sites for hydroxylation is 1. The molecule has 1 aromatic rings. The molecule has 1 saturated heterocycles. The Morgan fingerprint density at radius 3 is 3.08 bits per heavy atom. The van der Waals surface area contributed by atoms with Gasteiger partial charge >= 0.3 is 0 Å². The lowest BCUT2D eigenvalue weighted by Crippen LogP contribution is -2.48. The molecular formula is C7H12N4O. The van der Waals surface area contributed by atoms with E-state index in [2.05, 4.69) is 15.4 Å². The molecule has 12 heavy (non-hydrogen) atoms. The Hall–Kier alpha value is -0.940. The van der Waals surface area contributed by atoms with Gasteiger partial charge < -0.3 is 10.1 Å². The van der Waals surface area contributed by atoms with Crippen molar-refractivity contribution in [1.82, 2.24) is 20.1 Å². The van der Waals surface area contributed by atoms with Crippen LogP contribution in [0.25, 0.3) is 0 Å². The smallest absolute Gasteiger partial charge is 0.152 e. The van der Waals surface area contributed by atoms with Crippen molar-refractivity contribution in [3.05, 3.63) is 12.2 Å². The molecule has 5 nitrogen and oxygen atoms in total. The van der Waals surface area contributed by atoms with E-state index in [0.717, 1.165) is 18.9 Å². The van der Waals surface area contributed by atoms with E-state index in [1.54, 1.807) is 4.68 Å². The van der Waals surface area contributed by atoms with Crippen LogP contribution in [0.2, 0.25) is 0 Å². The summed E-state index contributed by atoms with van der Waals surface area (Å²) >= 11 is 0. The molecule has 1 aromatic heterocycles. The van der Waals surface area contributed by atoms with Crippen LogP contribution in [-0.4, -0.2) is 34.0 Å². The van der Waals surface area contributed by atoms with Crippen LogP contribution in [0.5, 0.6) is 0 Å². The number of hydrogen-bond donors (Lipinski definition) is 1. The van der Waals surface area contributed by atoms with Crippen LogP contribution in [-0.2, 0) is 18.4 Å². The summed E-state index contributed by atoms with van der Waals surface area (Å²) in [6, 6.07) is 0. The third-order valence-corrected chi connectivity index (χ3v) is 2.00. The fourth-order valence-corrected chi connectivity index (χ4v) is 1.02. The van der Waals surface area contributed by atoms with Gasteiger partial charge in [-0.2, -0.15) is 5.10 Å². The van der Waals surface area contributed by atoms with Crippen molar-refractivity contribution < 1.29 is 4.74 Å². The summed E-state index contributed by atoms with van der Waals surface area (Å²) in [6.07, 6.45) is 1.90. The van der Waals surface area contributed by atoms with Gasteiger partial charge in [-0.3, -0.25) is 4.68 Å². The first-order valence-corrected chi connectivity index (χ1v) is 4.01. The molecule has 2 heterocycles. The van der Waals surface area contributed by atoms with E-state index in [0.29, 0.717) is 12.7 Å². The van der Waals surface area contributed by atoms with Crippen molar-refractivity contribution in [3.8, 4) is 0 Å². The summed E-state index contributed by atoms with van der Waals surface area (Å²) in [5.41, 5.74) is 0. The monoisotopic (exact) mass is 168 g/mol. The maximum absolute atomic E-state index is 5.52. The minimum atomic E-state index is 0.363. The van der Waals surface area contributed by atoms with Crippen LogP contribution in [0.4, 0.5) is 0 Å². The zero-order valence-electron chi connectivity index (χ0n) is 7.03. The first-order valence-electron chi connectivity index (χ1n) is 4.01. The van der Waals surface area contributed by atoms with E-state index in [1.165, 1.54) is 6.33 Å². The van der Waals surface area contributed by atoms with Crippen molar-refractivity contribution >= 4 is 0 Å². The summed E-state index contributed by atoms with van der Waals surface area (Å²) in [5.74, 6) is 0.877. The number of nitrogens with one attached hydrogen (secondary N) is 1. The quantitative estimate of drug-likeness (QED) is 0.648. The Morgan fingerprint density at radius 1 is 1.75 bits per heavy atom. The zero-order chi connectivity index (χ0) is 8.39. The van der Waals surface area contributed by atoms with Gasteiger partial charge in [0, 0.05) is 20.1 Å². The molecule has 66 valence electrons. The van der Waals surface area contributed by atoms with E-state index in [9.17, 15) is 0 Å². The third kappa shape index (κ3) is 1.46. The lowest BCUT2D eigenvalue weighted by atomic mass is 10.2. The second kappa shape index (κ2) is 3.20. The highest BCUT2D eigenvalue weighted by Crippen LogP contribution is 2.02. The summed E-state index contributed by atoms with van der Waals surface area (Å²) in [4.78, 5) is 4.05. The van der Waals surface area contributed by atoms with Crippen molar-refractivity contribution in [3.63, 3.8) is 0 Å². The normalized spacial score (nSPS) is 17.8. The molecule has 0 aromatic carbocycles. The van der Waals surface area contributed by atoms with Gasteiger partial charge in [-0.15, -0.1) is 0 Å². The summed E-state index contributed by atoms with van der Waals surface area (Å²) < 4.78 is 7.25. The molecule has 2 rings (SSSR count). The minimum absolute atomic E-state index is 0.363. The highest BCUT2D eigenvalue weighted by molar-refractivity contribution is 4.82. The SMILES string of the molecule is Cn1ncnc1COC1CNC1. The van der Waals surface area contributed by atoms with Gasteiger partial charge in [-0.25, -0.2) is 4.98 Å². The number of hydrogen-bond acceptors (Lipinski definition) is 4. The summed E-state index contributed by atoms with van der Waals surface area (Å²) in [6.45, 7) is 2.47. The van der Waals surface area contributed by atoms with Crippen LogP contribution in [0.3, 0.4) is 0 Å². The molecule has 0 saturated carbocycles. The first-order chi connectivity index (χ1) is 5.86. The highest BCUT2D eigenvalue weighted by Gasteiger charge is 2.17. The zero-order valence-corrected chi connectivity index (χ0v) is 7.03. The first kappa shape index (κ1) is 7.70. The minimum Gasteiger partial charge on any atom is -0.368 e. The Bertz CT molecular complexity index is 256. The molecule has 0 unspecified atom stereocenters. The Morgan fingerprint density at radius 2 is 2.58 bits per heavy atom. The van der Waals surface area contributed by atoms with Gasteiger partial charge in [-0.1, -0.05) is 0 Å².